The number of hydrogen-bond donors (Lipinski definition) is 1. The first kappa shape index (κ1) is 19.2. The lowest BCUT2D eigenvalue weighted by molar-refractivity contribution is 0.0988. The Balaban J connectivity index is 1.30. The molecule has 0 saturated carbocycles. The van der Waals surface area contributed by atoms with Crippen molar-refractivity contribution in [2.45, 2.75) is 32.2 Å². The average molecular weight is 417 g/mol. The van der Waals surface area contributed by atoms with E-state index in [4.69, 9.17) is 4.52 Å². The number of halogens is 1. The molecule has 1 N–H and O–H groups in total. The fourth-order valence-electron chi connectivity index (χ4n) is 3.76. The van der Waals surface area contributed by atoms with Crippen LogP contribution in [0.3, 0.4) is 0 Å². The molecule has 0 unspecified atom stereocenters. The molecule has 3 heterocycles. The molecule has 2 aromatic heterocycles. The van der Waals surface area contributed by atoms with Gasteiger partial charge in [0, 0.05) is 35.8 Å². The second-order valence-electron chi connectivity index (χ2n) is 7.52. The Morgan fingerprint density at radius 3 is 2.71 bits per heavy atom. The van der Waals surface area contributed by atoms with Gasteiger partial charge in [0.2, 0.25) is 5.76 Å². The largest absolute Gasteiger partial charge is 0.350 e. The molecule has 0 fully saturated rings. The molecule has 0 bridgehead atoms. The van der Waals surface area contributed by atoms with E-state index in [1.807, 2.05) is 24.3 Å². The number of carbonyl (C=O) groups excluding carboxylic acids is 1. The summed E-state index contributed by atoms with van der Waals surface area (Å²) in [4.78, 5) is 12.5. The number of hydrogen-bond acceptors (Lipinski definition) is 5. The van der Waals surface area contributed by atoms with E-state index in [9.17, 15) is 9.18 Å². The zero-order valence-corrected chi connectivity index (χ0v) is 16.7. The van der Waals surface area contributed by atoms with Gasteiger partial charge in [0.05, 0.1) is 0 Å². The van der Waals surface area contributed by atoms with Crippen LogP contribution in [0.25, 0.3) is 22.6 Å². The summed E-state index contributed by atoms with van der Waals surface area (Å²) < 4.78 is 20.7. The Kier molecular flexibility index (Phi) is 5.03. The minimum Gasteiger partial charge on any atom is -0.350 e. The van der Waals surface area contributed by atoms with Gasteiger partial charge in [0.25, 0.3) is 5.91 Å². The summed E-state index contributed by atoms with van der Waals surface area (Å²) in [5.74, 6) is 1.12. The highest BCUT2D eigenvalue weighted by Gasteiger charge is 2.17. The number of aromatic nitrogens is 4. The van der Waals surface area contributed by atoms with Crippen LogP contribution in [0, 0.1) is 5.82 Å². The summed E-state index contributed by atoms with van der Waals surface area (Å²) in [6.45, 7) is 0.926. The van der Waals surface area contributed by atoms with Crippen molar-refractivity contribution >= 4 is 11.6 Å². The quantitative estimate of drug-likeness (QED) is 0.519. The minimum absolute atomic E-state index is 0.0473. The van der Waals surface area contributed by atoms with Crippen LogP contribution in [0.15, 0.2) is 59.1 Å². The predicted octanol–water partition coefficient (Wildman–Crippen LogP) is 4.72. The van der Waals surface area contributed by atoms with Crippen LogP contribution in [0.5, 0.6) is 0 Å². The maximum Gasteiger partial charge on any atom is 0.294 e. The fourth-order valence-corrected chi connectivity index (χ4v) is 3.76. The van der Waals surface area contributed by atoms with E-state index in [0.717, 1.165) is 43.0 Å². The standard InChI is InChI=1S/C23H20FN5O2/c24-17-6-4-5-16(13-17)19-14-20(31-28-19)23(30)25-18-10-8-15(9-11-18)22-27-26-21-7-2-1-3-12-29(21)22/h4-6,8-11,13-14H,1-3,7,12H2,(H,25,30). The molecule has 156 valence electrons. The smallest absolute Gasteiger partial charge is 0.294 e. The molecule has 0 aliphatic carbocycles. The molecule has 8 heteroatoms. The molecule has 0 radical (unpaired) electrons. The lowest BCUT2D eigenvalue weighted by Crippen LogP contribution is -2.10. The highest BCUT2D eigenvalue weighted by atomic mass is 19.1. The SMILES string of the molecule is O=C(Nc1ccc(-c2nnc3n2CCCCC3)cc1)c1cc(-c2cccc(F)c2)no1. The Morgan fingerprint density at radius 1 is 1.00 bits per heavy atom. The van der Waals surface area contributed by atoms with Gasteiger partial charge in [-0.05, 0) is 49.2 Å². The molecule has 0 atom stereocenters. The third-order valence-electron chi connectivity index (χ3n) is 5.36. The van der Waals surface area contributed by atoms with Gasteiger partial charge in [-0.1, -0.05) is 23.7 Å². The second-order valence-corrected chi connectivity index (χ2v) is 7.52. The van der Waals surface area contributed by atoms with E-state index in [1.54, 1.807) is 12.1 Å². The van der Waals surface area contributed by atoms with Gasteiger partial charge in [-0.25, -0.2) is 4.39 Å². The first-order valence-electron chi connectivity index (χ1n) is 10.2. The fraction of sp³-hybridized carbons (Fsp3) is 0.217. The van der Waals surface area contributed by atoms with E-state index in [2.05, 4.69) is 25.2 Å². The normalized spacial score (nSPS) is 13.5. The van der Waals surface area contributed by atoms with Crippen LogP contribution in [-0.4, -0.2) is 25.8 Å². The van der Waals surface area contributed by atoms with E-state index >= 15 is 0 Å². The second kappa shape index (κ2) is 8.14. The van der Waals surface area contributed by atoms with Crippen LogP contribution in [0.1, 0.15) is 35.6 Å². The van der Waals surface area contributed by atoms with Gasteiger partial charge in [-0.2, -0.15) is 0 Å². The van der Waals surface area contributed by atoms with Crippen LogP contribution < -0.4 is 5.32 Å². The van der Waals surface area contributed by atoms with Gasteiger partial charge in [-0.15, -0.1) is 10.2 Å². The van der Waals surface area contributed by atoms with Gasteiger partial charge in [-0.3, -0.25) is 4.79 Å². The number of nitrogens with zero attached hydrogens (tertiary/aromatic N) is 4. The Labute approximate surface area is 177 Å². The zero-order chi connectivity index (χ0) is 21.2. The highest BCUT2D eigenvalue weighted by Crippen LogP contribution is 2.25. The first-order valence-corrected chi connectivity index (χ1v) is 10.2. The number of fused-ring (bicyclic) bond motifs is 1. The highest BCUT2D eigenvalue weighted by molar-refractivity contribution is 6.02. The van der Waals surface area contributed by atoms with Crippen molar-refractivity contribution in [1.29, 1.82) is 0 Å². The maximum absolute atomic E-state index is 13.4. The Bertz CT molecular complexity index is 1230. The molecule has 4 aromatic rings. The van der Waals surface area contributed by atoms with Crippen LogP contribution in [0.4, 0.5) is 10.1 Å². The van der Waals surface area contributed by atoms with Crippen molar-refractivity contribution in [2.24, 2.45) is 0 Å². The van der Waals surface area contributed by atoms with Gasteiger partial charge < -0.3 is 14.4 Å². The first-order chi connectivity index (χ1) is 15.2. The van der Waals surface area contributed by atoms with Crippen molar-refractivity contribution in [3.63, 3.8) is 0 Å². The van der Waals surface area contributed by atoms with E-state index in [-0.39, 0.29) is 11.6 Å². The summed E-state index contributed by atoms with van der Waals surface area (Å²) in [7, 11) is 0. The molecule has 0 saturated heterocycles. The lowest BCUT2D eigenvalue weighted by Gasteiger charge is -2.08. The molecular weight excluding hydrogens is 397 g/mol. The lowest BCUT2D eigenvalue weighted by atomic mass is 10.1. The summed E-state index contributed by atoms with van der Waals surface area (Å²) in [6, 6.07) is 14.9. The Hall–Kier alpha value is -3.81. The topological polar surface area (TPSA) is 85.8 Å². The molecule has 1 aliphatic heterocycles. The van der Waals surface area contributed by atoms with E-state index in [0.29, 0.717) is 16.9 Å². The van der Waals surface area contributed by atoms with E-state index in [1.165, 1.54) is 24.6 Å². The van der Waals surface area contributed by atoms with Crippen LogP contribution in [0.2, 0.25) is 0 Å². The van der Waals surface area contributed by atoms with Crippen molar-refractivity contribution in [2.75, 3.05) is 5.32 Å². The number of benzene rings is 2. The molecule has 7 nitrogen and oxygen atoms in total. The third-order valence-corrected chi connectivity index (χ3v) is 5.36. The van der Waals surface area contributed by atoms with Gasteiger partial charge in [0.1, 0.15) is 17.3 Å². The molecular formula is C23H20FN5O2. The number of nitrogens with one attached hydrogen (secondary N) is 1. The zero-order valence-electron chi connectivity index (χ0n) is 16.7. The van der Waals surface area contributed by atoms with Crippen molar-refractivity contribution in [3.05, 3.63) is 72.0 Å². The van der Waals surface area contributed by atoms with Crippen molar-refractivity contribution < 1.29 is 13.7 Å². The van der Waals surface area contributed by atoms with Crippen molar-refractivity contribution in [1.82, 2.24) is 19.9 Å². The summed E-state index contributed by atoms with van der Waals surface area (Å²) in [6.07, 6.45) is 4.43. The number of anilines is 1. The number of amides is 1. The molecule has 1 amide bonds. The number of aryl methyl sites for hydroxylation is 1. The summed E-state index contributed by atoms with van der Waals surface area (Å²) in [5, 5.41) is 15.4. The number of carbonyl (C=O) groups is 1. The maximum atomic E-state index is 13.4. The van der Waals surface area contributed by atoms with Gasteiger partial charge >= 0.3 is 0 Å². The molecule has 31 heavy (non-hydrogen) atoms. The molecule has 5 rings (SSSR count). The molecule has 1 aliphatic rings. The van der Waals surface area contributed by atoms with Crippen LogP contribution >= 0.6 is 0 Å². The van der Waals surface area contributed by atoms with Crippen LogP contribution in [-0.2, 0) is 13.0 Å². The Morgan fingerprint density at radius 2 is 1.87 bits per heavy atom. The summed E-state index contributed by atoms with van der Waals surface area (Å²) in [5.41, 5.74) is 2.51. The third kappa shape index (κ3) is 3.96. The minimum atomic E-state index is -0.431. The van der Waals surface area contributed by atoms with E-state index < -0.39 is 5.91 Å². The monoisotopic (exact) mass is 417 g/mol. The molecule has 2 aromatic carbocycles. The number of rotatable bonds is 4. The van der Waals surface area contributed by atoms with Gasteiger partial charge in [0.15, 0.2) is 5.82 Å². The molecule has 0 spiro atoms. The average Bonchev–Trinajstić information content (AvgIpc) is 3.37. The van der Waals surface area contributed by atoms with Crippen molar-refractivity contribution in [3.8, 4) is 22.6 Å². The summed E-state index contributed by atoms with van der Waals surface area (Å²) >= 11 is 0. The predicted molar refractivity (Wildman–Crippen MR) is 113 cm³/mol.